The van der Waals surface area contributed by atoms with E-state index in [2.05, 4.69) is 25.2 Å². The highest BCUT2D eigenvalue weighted by molar-refractivity contribution is 7.99. The van der Waals surface area contributed by atoms with E-state index in [4.69, 9.17) is 5.26 Å². The predicted octanol–water partition coefficient (Wildman–Crippen LogP) is 3.44. The van der Waals surface area contributed by atoms with E-state index >= 15 is 0 Å². The van der Waals surface area contributed by atoms with Crippen molar-refractivity contribution in [3.8, 4) is 6.07 Å². The Kier molecular flexibility index (Phi) is 8.78. The van der Waals surface area contributed by atoms with Crippen molar-refractivity contribution in [3.05, 3.63) is 0 Å². The van der Waals surface area contributed by atoms with Crippen molar-refractivity contribution in [2.75, 3.05) is 18.1 Å². The van der Waals surface area contributed by atoms with Crippen LogP contribution < -0.4 is 5.32 Å². The lowest BCUT2D eigenvalue weighted by Crippen LogP contribution is -2.28. The molecule has 1 N–H and O–H groups in total. The van der Waals surface area contributed by atoms with E-state index in [9.17, 15) is 0 Å². The molecular formula is C13H26N2S. The molecule has 0 radical (unpaired) electrons. The molecule has 3 heteroatoms. The molecule has 0 aromatic carbocycles. The van der Waals surface area contributed by atoms with Crippen LogP contribution in [0.2, 0.25) is 0 Å². The molecule has 1 atom stereocenters. The van der Waals surface area contributed by atoms with Crippen molar-refractivity contribution >= 4 is 11.8 Å². The van der Waals surface area contributed by atoms with Gasteiger partial charge in [-0.3, -0.25) is 0 Å². The number of thioether (sulfide) groups is 1. The second kappa shape index (κ2) is 8.90. The quantitative estimate of drug-likeness (QED) is 0.629. The topological polar surface area (TPSA) is 35.8 Å². The molecule has 0 saturated heterocycles. The average molecular weight is 242 g/mol. The number of hydrogen-bond donors (Lipinski definition) is 1. The van der Waals surface area contributed by atoms with E-state index in [1.807, 2.05) is 25.6 Å². The van der Waals surface area contributed by atoms with Gasteiger partial charge in [0, 0.05) is 6.04 Å². The third-order valence-corrected chi connectivity index (χ3v) is 3.61. The molecular weight excluding hydrogens is 216 g/mol. The van der Waals surface area contributed by atoms with E-state index in [-0.39, 0.29) is 5.41 Å². The van der Waals surface area contributed by atoms with Crippen molar-refractivity contribution in [3.63, 3.8) is 0 Å². The highest BCUT2D eigenvalue weighted by atomic mass is 32.2. The molecule has 0 aromatic rings. The normalized spacial score (nSPS) is 13.4. The van der Waals surface area contributed by atoms with Crippen LogP contribution in [0, 0.1) is 16.7 Å². The second-order valence-electron chi connectivity index (χ2n) is 4.94. The van der Waals surface area contributed by atoms with Gasteiger partial charge in [0.2, 0.25) is 0 Å². The molecule has 0 saturated carbocycles. The monoisotopic (exact) mass is 242 g/mol. The summed E-state index contributed by atoms with van der Waals surface area (Å²) in [5.74, 6) is 2.46. The predicted molar refractivity (Wildman–Crippen MR) is 73.7 cm³/mol. The Labute approximate surface area is 105 Å². The molecule has 0 bridgehead atoms. The Morgan fingerprint density at radius 2 is 2.12 bits per heavy atom. The molecule has 94 valence electrons. The molecule has 0 amide bonds. The lowest BCUT2D eigenvalue weighted by Gasteiger charge is -2.17. The number of nitrogens with one attached hydrogen (secondary N) is 1. The zero-order chi connectivity index (χ0) is 12.4. The first-order valence-electron chi connectivity index (χ1n) is 6.24. The summed E-state index contributed by atoms with van der Waals surface area (Å²) in [6.07, 6.45) is 3.30. The Hall–Kier alpha value is -0.200. The highest BCUT2D eigenvalue weighted by Gasteiger charge is 2.15. The number of nitriles is 1. The van der Waals surface area contributed by atoms with Crippen LogP contribution in [0.15, 0.2) is 0 Å². The van der Waals surface area contributed by atoms with Crippen LogP contribution >= 0.6 is 11.8 Å². The SMILES string of the molecule is CCSCCC(C)NCCCC(C)(C)C#N. The standard InChI is InChI=1S/C13H26N2S/c1-5-16-10-7-12(2)15-9-6-8-13(3,4)11-14/h12,15H,5-10H2,1-4H3. The smallest absolute Gasteiger partial charge is 0.0683 e. The van der Waals surface area contributed by atoms with Crippen molar-refractivity contribution < 1.29 is 0 Å². The maximum Gasteiger partial charge on any atom is 0.0683 e. The minimum atomic E-state index is -0.164. The van der Waals surface area contributed by atoms with Gasteiger partial charge in [0.1, 0.15) is 0 Å². The van der Waals surface area contributed by atoms with Gasteiger partial charge in [-0.2, -0.15) is 17.0 Å². The van der Waals surface area contributed by atoms with Gasteiger partial charge in [-0.1, -0.05) is 6.92 Å². The molecule has 0 aliphatic carbocycles. The number of rotatable bonds is 9. The maximum atomic E-state index is 8.87. The van der Waals surface area contributed by atoms with Gasteiger partial charge in [-0.15, -0.1) is 0 Å². The van der Waals surface area contributed by atoms with Crippen LogP contribution in [-0.2, 0) is 0 Å². The lowest BCUT2D eigenvalue weighted by molar-refractivity contribution is 0.414. The lowest BCUT2D eigenvalue weighted by atomic mass is 9.90. The number of hydrogen-bond acceptors (Lipinski definition) is 3. The van der Waals surface area contributed by atoms with Gasteiger partial charge < -0.3 is 5.32 Å². The third kappa shape index (κ3) is 9.06. The summed E-state index contributed by atoms with van der Waals surface area (Å²) in [6, 6.07) is 2.94. The fraction of sp³-hybridized carbons (Fsp3) is 0.923. The van der Waals surface area contributed by atoms with Gasteiger partial charge >= 0.3 is 0 Å². The highest BCUT2D eigenvalue weighted by Crippen LogP contribution is 2.19. The zero-order valence-electron chi connectivity index (χ0n) is 11.2. The van der Waals surface area contributed by atoms with Crippen molar-refractivity contribution in [1.29, 1.82) is 5.26 Å². The Balaban J connectivity index is 3.41. The van der Waals surface area contributed by atoms with E-state index < -0.39 is 0 Å². The Morgan fingerprint density at radius 3 is 2.69 bits per heavy atom. The summed E-state index contributed by atoms with van der Waals surface area (Å²) in [6.45, 7) is 9.49. The van der Waals surface area contributed by atoms with Gasteiger partial charge in [-0.05, 0) is 58.1 Å². The minimum absolute atomic E-state index is 0.164. The molecule has 16 heavy (non-hydrogen) atoms. The molecule has 0 aliphatic heterocycles. The summed E-state index contributed by atoms with van der Waals surface area (Å²) < 4.78 is 0. The Bertz CT molecular complexity index is 208. The van der Waals surface area contributed by atoms with Gasteiger partial charge in [0.15, 0.2) is 0 Å². The molecule has 0 aromatic heterocycles. The summed E-state index contributed by atoms with van der Waals surface area (Å²) in [5.41, 5.74) is -0.164. The fourth-order valence-corrected chi connectivity index (χ4v) is 2.25. The van der Waals surface area contributed by atoms with E-state index in [0.29, 0.717) is 6.04 Å². The van der Waals surface area contributed by atoms with Gasteiger partial charge in [0.05, 0.1) is 11.5 Å². The molecule has 0 spiro atoms. The van der Waals surface area contributed by atoms with Crippen molar-refractivity contribution in [1.82, 2.24) is 5.32 Å². The zero-order valence-corrected chi connectivity index (χ0v) is 12.0. The second-order valence-corrected chi connectivity index (χ2v) is 6.33. The summed E-state index contributed by atoms with van der Waals surface area (Å²) in [7, 11) is 0. The van der Waals surface area contributed by atoms with Crippen LogP contribution in [0.4, 0.5) is 0 Å². The third-order valence-electron chi connectivity index (χ3n) is 2.67. The van der Waals surface area contributed by atoms with E-state index in [0.717, 1.165) is 19.4 Å². The first-order valence-corrected chi connectivity index (χ1v) is 7.39. The first-order chi connectivity index (χ1) is 7.52. The minimum Gasteiger partial charge on any atom is -0.314 e. The molecule has 0 heterocycles. The van der Waals surface area contributed by atoms with Crippen LogP contribution in [0.5, 0.6) is 0 Å². The first kappa shape index (κ1) is 15.8. The molecule has 2 nitrogen and oxygen atoms in total. The van der Waals surface area contributed by atoms with Gasteiger partial charge in [0.25, 0.3) is 0 Å². The van der Waals surface area contributed by atoms with Crippen molar-refractivity contribution in [2.24, 2.45) is 5.41 Å². The summed E-state index contributed by atoms with van der Waals surface area (Å²) in [5, 5.41) is 12.4. The molecule has 0 rings (SSSR count). The maximum absolute atomic E-state index is 8.87. The Morgan fingerprint density at radius 1 is 1.44 bits per heavy atom. The van der Waals surface area contributed by atoms with E-state index in [1.54, 1.807) is 0 Å². The van der Waals surface area contributed by atoms with Crippen molar-refractivity contribution in [2.45, 2.75) is 53.0 Å². The van der Waals surface area contributed by atoms with Gasteiger partial charge in [-0.25, -0.2) is 0 Å². The largest absolute Gasteiger partial charge is 0.314 e. The summed E-state index contributed by atoms with van der Waals surface area (Å²) >= 11 is 2.00. The van der Waals surface area contributed by atoms with E-state index in [1.165, 1.54) is 17.9 Å². The summed E-state index contributed by atoms with van der Waals surface area (Å²) in [4.78, 5) is 0. The number of nitrogens with zero attached hydrogens (tertiary/aromatic N) is 1. The van der Waals surface area contributed by atoms with Crippen LogP contribution in [0.1, 0.15) is 47.0 Å². The van der Waals surface area contributed by atoms with Crippen LogP contribution in [-0.4, -0.2) is 24.1 Å². The molecule has 0 aliphatic rings. The van der Waals surface area contributed by atoms with Crippen LogP contribution in [0.3, 0.4) is 0 Å². The van der Waals surface area contributed by atoms with Crippen LogP contribution in [0.25, 0.3) is 0 Å². The average Bonchev–Trinajstić information content (AvgIpc) is 2.25. The fourth-order valence-electron chi connectivity index (χ4n) is 1.44. The molecule has 0 fully saturated rings. The molecule has 1 unspecified atom stereocenters.